The van der Waals surface area contributed by atoms with Gasteiger partial charge in [-0.15, -0.1) is 0 Å². The van der Waals surface area contributed by atoms with Crippen molar-refractivity contribution >= 4 is 29.0 Å². The average molecular weight is 464 g/mol. The number of piperazine rings is 1. The van der Waals surface area contributed by atoms with Crippen molar-refractivity contribution in [3.05, 3.63) is 60.2 Å². The zero-order valence-corrected chi connectivity index (χ0v) is 19.9. The number of anilines is 2. The van der Waals surface area contributed by atoms with E-state index in [-0.39, 0.29) is 24.6 Å². The number of benzene rings is 2. The third kappa shape index (κ3) is 5.81. The van der Waals surface area contributed by atoms with Gasteiger partial charge in [-0.1, -0.05) is 37.3 Å². The molecule has 8 heteroatoms. The van der Waals surface area contributed by atoms with Crippen molar-refractivity contribution in [3.63, 3.8) is 0 Å². The fraction of sp³-hybridized carbons (Fsp3) is 0.423. The summed E-state index contributed by atoms with van der Waals surface area (Å²) < 4.78 is 5.11. The fourth-order valence-corrected chi connectivity index (χ4v) is 4.31. The molecular formula is C26H33N5O3. The standard InChI is InChI=1S/C26H33N5O3/c1-3-29-14-16-30(17-15-29)19-20-10-12-21(13-11-20)27-25(32)24-18-23(26(33)34-4-2)28-31(24)22-8-6-5-7-9-22/h5-13,24H,3-4,14-19H2,1-2H3,(H,27,32). The van der Waals surface area contributed by atoms with Crippen molar-refractivity contribution in [2.75, 3.05) is 49.7 Å². The zero-order chi connectivity index (χ0) is 23.9. The Kier molecular flexibility index (Phi) is 7.92. The van der Waals surface area contributed by atoms with Crippen LogP contribution in [0, 0.1) is 0 Å². The topological polar surface area (TPSA) is 77.5 Å². The molecule has 1 atom stereocenters. The highest BCUT2D eigenvalue weighted by Crippen LogP contribution is 2.26. The molecule has 2 aliphatic rings. The van der Waals surface area contributed by atoms with E-state index in [4.69, 9.17) is 4.74 Å². The molecule has 2 aromatic rings. The molecule has 0 saturated carbocycles. The van der Waals surface area contributed by atoms with Crippen molar-refractivity contribution in [2.45, 2.75) is 32.9 Å². The van der Waals surface area contributed by atoms with Crippen LogP contribution >= 0.6 is 0 Å². The predicted molar refractivity (Wildman–Crippen MR) is 134 cm³/mol. The predicted octanol–water partition coefficient (Wildman–Crippen LogP) is 2.96. The number of ether oxygens (including phenoxy) is 1. The van der Waals surface area contributed by atoms with Gasteiger partial charge in [-0.05, 0) is 43.3 Å². The van der Waals surface area contributed by atoms with Crippen LogP contribution in [0.3, 0.4) is 0 Å². The van der Waals surface area contributed by atoms with Crippen LogP contribution in [0.25, 0.3) is 0 Å². The van der Waals surface area contributed by atoms with Gasteiger partial charge >= 0.3 is 5.97 Å². The molecular weight excluding hydrogens is 430 g/mol. The minimum absolute atomic E-state index is 0.196. The van der Waals surface area contributed by atoms with E-state index in [1.807, 2.05) is 42.5 Å². The van der Waals surface area contributed by atoms with Gasteiger partial charge < -0.3 is 15.0 Å². The Morgan fingerprint density at radius 3 is 2.29 bits per heavy atom. The molecule has 2 heterocycles. The Labute approximate surface area is 201 Å². The molecule has 2 aliphatic heterocycles. The molecule has 4 rings (SSSR count). The highest BCUT2D eigenvalue weighted by atomic mass is 16.5. The summed E-state index contributed by atoms with van der Waals surface area (Å²) in [4.78, 5) is 30.4. The summed E-state index contributed by atoms with van der Waals surface area (Å²) in [5.74, 6) is -0.696. The minimum atomic E-state index is -0.628. The molecule has 8 nitrogen and oxygen atoms in total. The van der Waals surface area contributed by atoms with E-state index in [2.05, 4.69) is 39.3 Å². The van der Waals surface area contributed by atoms with Crippen molar-refractivity contribution in [1.29, 1.82) is 0 Å². The molecule has 1 unspecified atom stereocenters. The minimum Gasteiger partial charge on any atom is -0.461 e. The Morgan fingerprint density at radius 1 is 0.971 bits per heavy atom. The lowest BCUT2D eigenvalue weighted by Gasteiger charge is -2.34. The van der Waals surface area contributed by atoms with Crippen molar-refractivity contribution in [3.8, 4) is 0 Å². The summed E-state index contributed by atoms with van der Waals surface area (Å²) in [7, 11) is 0. The number of likely N-dealkylation sites (N-methyl/N-ethyl adjacent to an activating group) is 1. The highest BCUT2D eigenvalue weighted by Gasteiger charge is 2.36. The van der Waals surface area contributed by atoms with E-state index in [9.17, 15) is 9.59 Å². The second-order valence-electron chi connectivity index (χ2n) is 8.56. The van der Waals surface area contributed by atoms with E-state index in [1.165, 1.54) is 5.56 Å². The highest BCUT2D eigenvalue weighted by molar-refractivity contribution is 6.38. The van der Waals surface area contributed by atoms with E-state index in [0.717, 1.165) is 50.6 Å². The number of hydrogen-bond donors (Lipinski definition) is 1. The molecule has 0 bridgehead atoms. The number of rotatable bonds is 8. The van der Waals surface area contributed by atoms with Gasteiger partial charge in [-0.2, -0.15) is 5.10 Å². The summed E-state index contributed by atoms with van der Waals surface area (Å²) in [5, 5.41) is 9.01. The lowest BCUT2D eigenvalue weighted by molar-refractivity contribution is -0.135. The quantitative estimate of drug-likeness (QED) is 0.607. The van der Waals surface area contributed by atoms with Gasteiger partial charge in [0, 0.05) is 44.8 Å². The molecule has 1 saturated heterocycles. The van der Waals surface area contributed by atoms with Crippen LogP contribution in [0.1, 0.15) is 25.8 Å². The smallest absolute Gasteiger partial charge is 0.354 e. The van der Waals surface area contributed by atoms with Crippen LogP contribution < -0.4 is 10.3 Å². The summed E-state index contributed by atoms with van der Waals surface area (Å²) in [6.07, 6.45) is 0.196. The molecule has 0 aromatic heterocycles. The Balaban J connectivity index is 1.39. The average Bonchev–Trinajstić information content (AvgIpc) is 3.32. The number of nitrogens with zero attached hydrogens (tertiary/aromatic N) is 4. The van der Waals surface area contributed by atoms with Crippen LogP contribution in [0.5, 0.6) is 0 Å². The molecule has 1 fully saturated rings. The van der Waals surface area contributed by atoms with Crippen LogP contribution in [-0.2, 0) is 20.9 Å². The van der Waals surface area contributed by atoms with Crippen LogP contribution in [0.4, 0.5) is 11.4 Å². The van der Waals surface area contributed by atoms with Crippen LogP contribution in [0.2, 0.25) is 0 Å². The summed E-state index contributed by atoms with van der Waals surface area (Å²) in [6, 6.07) is 16.8. The number of para-hydroxylation sites is 1. The number of esters is 1. The molecule has 0 spiro atoms. The van der Waals surface area contributed by atoms with Gasteiger partial charge in [0.1, 0.15) is 11.8 Å². The molecule has 1 N–H and O–H groups in total. The third-order valence-corrected chi connectivity index (χ3v) is 6.28. The third-order valence-electron chi connectivity index (χ3n) is 6.28. The van der Waals surface area contributed by atoms with Gasteiger partial charge in [0.05, 0.1) is 12.3 Å². The number of nitrogens with one attached hydrogen (secondary N) is 1. The van der Waals surface area contributed by atoms with Crippen molar-refractivity contribution in [2.24, 2.45) is 5.10 Å². The molecule has 180 valence electrons. The molecule has 1 amide bonds. The van der Waals surface area contributed by atoms with Gasteiger partial charge in [0.2, 0.25) is 5.91 Å². The molecule has 0 aliphatic carbocycles. The normalized spacial score (nSPS) is 19.1. The number of hydrogen-bond acceptors (Lipinski definition) is 7. The first-order valence-corrected chi connectivity index (χ1v) is 12.0. The van der Waals surface area contributed by atoms with E-state index in [1.54, 1.807) is 11.9 Å². The summed E-state index contributed by atoms with van der Waals surface area (Å²) >= 11 is 0. The summed E-state index contributed by atoms with van der Waals surface area (Å²) in [6.45, 7) is 10.6. The first-order valence-electron chi connectivity index (χ1n) is 12.0. The number of hydrazone groups is 1. The van der Waals surface area contributed by atoms with Gasteiger partial charge in [-0.25, -0.2) is 4.79 Å². The Morgan fingerprint density at radius 2 is 1.65 bits per heavy atom. The van der Waals surface area contributed by atoms with Crippen molar-refractivity contribution in [1.82, 2.24) is 9.80 Å². The summed E-state index contributed by atoms with van der Waals surface area (Å²) in [5.41, 5.74) is 2.95. The maximum atomic E-state index is 13.2. The molecule has 34 heavy (non-hydrogen) atoms. The first kappa shape index (κ1) is 23.9. The monoisotopic (exact) mass is 463 g/mol. The van der Waals surface area contributed by atoms with Crippen LogP contribution in [0.15, 0.2) is 59.7 Å². The second kappa shape index (κ2) is 11.3. The molecule has 0 radical (unpaired) electrons. The second-order valence-corrected chi connectivity index (χ2v) is 8.56. The lowest BCUT2D eigenvalue weighted by Crippen LogP contribution is -2.45. The maximum Gasteiger partial charge on any atom is 0.354 e. The number of carbonyl (C=O) groups excluding carboxylic acids is 2. The van der Waals surface area contributed by atoms with E-state index in [0.29, 0.717) is 0 Å². The SMILES string of the molecule is CCOC(=O)C1=NN(c2ccccc2)C(C(=O)Nc2ccc(CN3CCN(CC)CC3)cc2)C1. The number of amides is 1. The first-order chi connectivity index (χ1) is 16.6. The van der Waals surface area contributed by atoms with E-state index < -0.39 is 12.0 Å². The van der Waals surface area contributed by atoms with Crippen LogP contribution in [-0.4, -0.2) is 72.8 Å². The number of carbonyl (C=O) groups is 2. The van der Waals surface area contributed by atoms with Gasteiger partial charge in [0.15, 0.2) is 0 Å². The fourth-order valence-electron chi connectivity index (χ4n) is 4.31. The maximum absolute atomic E-state index is 13.2. The van der Waals surface area contributed by atoms with Crippen molar-refractivity contribution < 1.29 is 14.3 Å². The van der Waals surface area contributed by atoms with Gasteiger partial charge in [0.25, 0.3) is 0 Å². The molecule has 2 aromatic carbocycles. The Hall–Kier alpha value is -3.23. The van der Waals surface area contributed by atoms with E-state index >= 15 is 0 Å². The Bertz CT molecular complexity index is 1000. The lowest BCUT2D eigenvalue weighted by atomic mass is 10.1. The van der Waals surface area contributed by atoms with Gasteiger partial charge in [-0.3, -0.25) is 14.7 Å². The largest absolute Gasteiger partial charge is 0.461 e. The zero-order valence-electron chi connectivity index (χ0n) is 19.9.